The molecule has 2 aromatic carbocycles. The van der Waals surface area contributed by atoms with E-state index < -0.39 is 71.6 Å². The number of hydrogen-bond acceptors (Lipinski definition) is 2. The van der Waals surface area contributed by atoms with Crippen LogP contribution in [-0.2, 0) is 17.1 Å². The molecule has 212 valence electrons. The Balaban J connectivity index is 2.19. The van der Waals surface area contributed by atoms with E-state index in [9.17, 15) is 36.2 Å². The van der Waals surface area contributed by atoms with E-state index in [2.05, 4.69) is 11.8 Å². The quantitative estimate of drug-likeness (QED) is 0.297. The molecule has 11 heteroatoms. The molecule has 0 bridgehead atoms. The van der Waals surface area contributed by atoms with Gasteiger partial charge in [-0.3, -0.25) is 9.69 Å². The molecular weight excluding hydrogens is 534 g/mol. The smallest absolute Gasteiger partial charge is 0.416 e. The SMILES string of the molecule is CC(C)(C)C#CCN1[C@H](c2ccc(C(F)(F)F)cc2)[C@@H](CC(=O)O)C(F)(F)C[C@H]1c1ccc(C(F)(F)F)cc1. The third kappa shape index (κ3) is 7.50. The van der Waals surface area contributed by atoms with Gasteiger partial charge in [-0.2, -0.15) is 26.3 Å². The monoisotopic (exact) mass is 561 g/mol. The number of piperidine rings is 1. The average Bonchev–Trinajstić information content (AvgIpc) is 2.79. The maximum Gasteiger partial charge on any atom is 0.416 e. The number of carboxylic acid groups (broad SMARTS) is 1. The van der Waals surface area contributed by atoms with Crippen molar-refractivity contribution < 1.29 is 45.0 Å². The number of rotatable bonds is 5. The summed E-state index contributed by atoms with van der Waals surface area (Å²) < 4.78 is 110. The first-order chi connectivity index (χ1) is 17.8. The van der Waals surface area contributed by atoms with Gasteiger partial charge in [0.2, 0.25) is 0 Å². The summed E-state index contributed by atoms with van der Waals surface area (Å²) in [7, 11) is 0. The molecule has 0 aromatic heterocycles. The zero-order chi connectivity index (χ0) is 29.4. The Morgan fingerprint density at radius 2 is 1.36 bits per heavy atom. The molecule has 3 atom stereocenters. The second-order valence-corrected chi connectivity index (χ2v) is 10.6. The number of nitrogens with zero attached hydrogens (tertiary/aromatic N) is 1. The van der Waals surface area contributed by atoms with Crippen LogP contribution in [0.15, 0.2) is 48.5 Å². The minimum Gasteiger partial charge on any atom is -0.481 e. The Hall–Kier alpha value is -3.13. The number of carbonyl (C=O) groups is 1. The molecular formula is C28H27F8NO2. The van der Waals surface area contributed by atoms with Crippen molar-refractivity contribution in [3.8, 4) is 11.8 Å². The summed E-state index contributed by atoms with van der Waals surface area (Å²) in [6.07, 6.45) is -11.2. The van der Waals surface area contributed by atoms with Crippen molar-refractivity contribution in [1.82, 2.24) is 4.90 Å². The van der Waals surface area contributed by atoms with Crippen molar-refractivity contribution in [2.45, 2.75) is 64.0 Å². The van der Waals surface area contributed by atoms with Crippen LogP contribution in [-0.4, -0.2) is 28.4 Å². The first kappa shape index (κ1) is 30.4. The van der Waals surface area contributed by atoms with E-state index in [0.717, 1.165) is 48.5 Å². The summed E-state index contributed by atoms with van der Waals surface area (Å²) in [5.41, 5.74) is -2.35. The third-order valence-corrected chi connectivity index (χ3v) is 6.47. The van der Waals surface area contributed by atoms with Gasteiger partial charge in [-0.15, -0.1) is 0 Å². The fraction of sp³-hybridized carbons (Fsp3) is 0.464. The van der Waals surface area contributed by atoms with Crippen molar-refractivity contribution in [3.63, 3.8) is 0 Å². The van der Waals surface area contributed by atoms with Gasteiger partial charge in [-0.05, 0) is 56.2 Å². The Kier molecular flexibility index (Phi) is 8.42. The lowest BCUT2D eigenvalue weighted by molar-refractivity contribution is -0.168. The summed E-state index contributed by atoms with van der Waals surface area (Å²) in [4.78, 5) is 13.1. The predicted molar refractivity (Wildman–Crippen MR) is 128 cm³/mol. The molecule has 1 saturated heterocycles. The third-order valence-electron chi connectivity index (χ3n) is 6.47. The summed E-state index contributed by atoms with van der Waals surface area (Å²) in [5, 5.41) is 9.44. The van der Waals surface area contributed by atoms with E-state index >= 15 is 8.78 Å². The largest absolute Gasteiger partial charge is 0.481 e. The van der Waals surface area contributed by atoms with Gasteiger partial charge in [-0.1, -0.05) is 36.1 Å². The molecule has 39 heavy (non-hydrogen) atoms. The van der Waals surface area contributed by atoms with E-state index in [4.69, 9.17) is 0 Å². The lowest BCUT2D eigenvalue weighted by Crippen LogP contribution is -2.51. The maximum atomic E-state index is 15.6. The molecule has 1 N–H and O–H groups in total. The van der Waals surface area contributed by atoms with Crippen LogP contribution in [0.25, 0.3) is 0 Å². The van der Waals surface area contributed by atoms with E-state index in [1.807, 2.05) is 0 Å². The van der Waals surface area contributed by atoms with E-state index in [0.29, 0.717) is 0 Å². The van der Waals surface area contributed by atoms with E-state index in [1.165, 1.54) is 4.90 Å². The second kappa shape index (κ2) is 10.8. The minimum atomic E-state index is -4.68. The van der Waals surface area contributed by atoms with Crippen LogP contribution < -0.4 is 0 Å². The molecule has 1 fully saturated rings. The van der Waals surface area contributed by atoms with Crippen LogP contribution >= 0.6 is 0 Å². The molecule has 0 spiro atoms. The number of likely N-dealkylation sites (tertiary alicyclic amines) is 1. The first-order valence-electron chi connectivity index (χ1n) is 12.0. The number of hydrogen-bond donors (Lipinski definition) is 1. The maximum absolute atomic E-state index is 15.6. The van der Waals surface area contributed by atoms with Gasteiger partial charge in [0.05, 0.1) is 30.0 Å². The zero-order valence-corrected chi connectivity index (χ0v) is 21.3. The molecule has 0 amide bonds. The normalized spacial score (nSPS) is 22.2. The fourth-order valence-corrected chi connectivity index (χ4v) is 4.73. The highest BCUT2D eigenvalue weighted by Crippen LogP contribution is 2.53. The van der Waals surface area contributed by atoms with Crippen molar-refractivity contribution >= 4 is 5.97 Å². The number of carboxylic acids is 1. The Morgan fingerprint density at radius 1 is 0.897 bits per heavy atom. The number of halogens is 8. The topological polar surface area (TPSA) is 40.5 Å². The molecule has 0 saturated carbocycles. The zero-order valence-electron chi connectivity index (χ0n) is 21.3. The van der Waals surface area contributed by atoms with E-state index in [1.54, 1.807) is 20.8 Å². The van der Waals surface area contributed by atoms with Crippen LogP contribution in [0.2, 0.25) is 0 Å². The van der Waals surface area contributed by atoms with Crippen LogP contribution in [0.1, 0.15) is 68.0 Å². The van der Waals surface area contributed by atoms with Gasteiger partial charge in [0, 0.05) is 23.9 Å². The van der Waals surface area contributed by atoms with Gasteiger partial charge in [0.25, 0.3) is 5.92 Å². The summed E-state index contributed by atoms with van der Waals surface area (Å²) in [6, 6.07) is 4.60. The molecule has 1 aliphatic heterocycles. The van der Waals surface area contributed by atoms with Crippen molar-refractivity contribution in [1.29, 1.82) is 0 Å². The molecule has 2 aromatic rings. The van der Waals surface area contributed by atoms with Crippen LogP contribution in [0.4, 0.5) is 35.1 Å². The summed E-state index contributed by atoms with van der Waals surface area (Å²) in [5.74, 6) is -1.13. The van der Waals surface area contributed by atoms with Crippen molar-refractivity contribution in [3.05, 3.63) is 70.8 Å². The molecule has 3 nitrogen and oxygen atoms in total. The van der Waals surface area contributed by atoms with Crippen LogP contribution in [0, 0.1) is 23.2 Å². The lowest BCUT2D eigenvalue weighted by Gasteiger charge is -2.49. The predicted octanol–water partition coefficient (Wildman–Crippen LogP) is 7.99. The molecule has 0 aliphatic carbocycles. The van der Waals surface area contributed by atoms with Gasteiger partial charge >= 0.3 is 18.3 Å². The Morgan fingerprint density at radius 3 is 1.77 bits per heavy atom. The minimum absolute atomic E-state index is 0.0168. The first-order valence-corrected chi connectivity index (χ1v) is 12.0. The van der Waals surface area contributed by atoms with E-state index in [-0.39, 0.29) is 17.7 Å². The highest BCUT2D eigenvalue weighted by molar-refractivity contribution is 5.67. The number of aliphatic carboxylic acids is 1. The van der Waals surface area contributed by atoms with Gasteiger partial charge in [-0.25, -0.2) is 8.78 Å². The Bertz CT molecular complexity index is 1220. The van der Waals surface area contributed by atoms with Crippen molar-refractivity contribution in [2.24, 2.45) is 11.3 Å². The van der Waals surface area contributed by atoms with Gasteiger partial charge in [0.1, 0.15) is 0 Å². The molecule has 3 rings (SSSR count). The lowest BCUT2D eigenvalue weighted by atomic mass is 9.75. The van der Waals surface area contributed by atoms with Crippen LogP contribution in [0.3, 0.4) is 0 Å². The van der Waals surface area contributed by atoms with Gasteiger partial charge < -0.3 is 5.11 Å². The standard InChI is InChI=1S/C28H27F8NO2/c1-25(2,3)13-4-14-37-22(17-5-9-19(10-6-17)27(31,32)33)16-26(29,30)21(15-23(38)39)24(37)18-7-11-20(12-8-18)28(34,35)36/h5-12,21-22,24H,14-16H2,1-3H3,(H,38,39)/t21-,22+,24-/m1/s1. The second-order valence-electron chi connectivity index (χ2n) is 10.6. The number of benzene rings is 2. The number of alkyl halides is 8. The molecule has 1 heterocycles. The van der Waals surface area contributed by atoms with Crippen LogP contribution in [0.5, 0.6) is 0 Å². The van der Waals surface area contributed by atoms with Crippen molar-refractivity contribution in [2.75, 3.05) is 6.54 Å². The highest BCUT2D eigenvalue weighted by Gasteiger charge is 2.55. The Labute approximate surface area is 220 Å². The van der Waals surface area contributed by atoms with Gasteiger partial charge in [0.15, 0.2) is 0 Å². The molecule has 0 unspecified atom stereocenters. The average molecular weight is 562 g/mol. The fourth-order valence-electron chi connectivity index (χ4n) is 4.73. The molecule has 0 radical (unpaired) electrons. The highest BCUT2D eigenvalue weighted by atomic mass is 19.4. The summed E-state index contributed by atoms with van der Waals surface area (Å²) in [6.45, 7) is 5.23. The molecule has 1 aliphatic rings. The summed E-state index contributed by atoms with van der Waals surface area (Å²) >= 11 is 0.